The molecule has 0 saturated heterocycles. The second-order valence-electron chi connectivity index (χ2n) is 2.73. The molecule has 0 aromatic carbocycles. The predicted octanol–water partition coefficient (Wildman–Crippen LogP) is 0.807. The summed E-state index contributed by atoms with van der Waals surface area (Å²) >= 11 is 10.5. The Kier molecular flexibility index (Phi) is 6.83. The van der Waals surface area contributed by atoms with Gasteiger partial charge in [0.05, 0.1) is 17.3 Å². The quantitative estimate of drug-likeness (QED) is 0.652. The second kappa shape index (κ2) is 6.73. The standard InChI is InChI=1S/C7H12Cl2O4S2/c8-2-6-14(10,11)4-1-5-15(12,13)7-3-9/h1,4H,2-3,5-7H2. The minimum atomic E-state index is -3.38. The van der Waals surface area contributed by atoms with Crippen LogP contribution in [0.3, 0.4) is 0 Å². The van der Waals surface area contributed by atoms with E-state index in [-0.39, 0.29) is 29.0 Å². The second-order valence-corrected chi connectivity index (χ2v) is 7.72. The van der Waals surface area contributed by atoms with Crippen molar-refractivity contribution in [1.82, 2.24) is 0 Å². The minimum absolute atomic E-state index is 0.00457. The molecule has 0 atom stereocenters. The lowest BCUT2D eigenvalue weighted by molar-refractivity contribution is 0.600. The molecule has 0 heterocycles. The number of rotatable bonds is 7. The maximum Gasteiger partial charge on any atom is 0.172 e. The number of alkyl halides is 2. The molecule has 0 fully saturated rings. The van der Waals surface area contributed by atoms with E-state index in [1.807, 2.05) is 0 Å². The molecule has 0 saturated carbocycles. The largest absolute Gasteiger partial charge is 0.228 e. The summed E-state index contributed by atoms with van der Waals surface area (Å²) in [6.07, 6.45) is 1.10. The van der Waals surface area contributed by atoms with Crippen molar-refractivity contribution in [1.29, 1.82) is 0 Å². The molecule has 0 bridgehead atoms. The molecule has 0 radical (unpaired) electrons. The molecule has 0 aromatic heterocycles. The topological polar surface area (TPSA) is 68.3 Å². The van der Waals surface area contributed by atoms with E-state index in [4.69, 9.17) is 23.2 Å². The lowest BCUT2D eigenvalue weighted by atomic mass is 10.8. The van der Waals surface area contributed by atoms with Crippen molar-refractivity contribution in [2.24, 2.45) is 0 Å². The van der Waals surface area contributed by atoms with Gasteiger partial charge in [0.2, 0.25) is 0 Å². The Bertz CT molecular complexity index is 397. The fourth-order valence-electron chi connectivity index (χ4n) is 0.709. The molecule has 0 aliphatic carbocycles. The molecule has 0 amide bonds. The maximum absolute atomic E-state index is 11.1. The average Bonchev–Trinajstić information content (AvgIpc) is 2.02. The number of hydrogen-bond acceptors (Lipinski definition) is 4. The number of hydrogen-bond donors (Lipinski definition) is 0. The fourth-order valence-corrected chi connectivity index (χ4v) is 3.71. The highest BCUT2D eigenvalue weighted by atomic mass is 35.5. The van der Waals surface area contributed by atoms with Crippen molar-refractivity contribution in [3.05, 3.63) is 11.5 Å². The van der Waals surface area contributed by atoms with Crippen LogP contribution in [0.5, 0.6) is 0 Å². The van der Waals surface area contributed by atoms with Gasteiger partial charge in [0.15, 0.2) is 19.7 Å². The lowest BCUT2D eigenvalue weighted by Crippen LogP contribution is -2.11. The van der Waals surface area contributed by atoms with Crippen LogP contribution in [0.15, 0.2) is 11.5 Å². The molecular weight excluding hydrogens is 283 g/mol. The molecule has 90 valence electrons. The Morgan fingerprint density at radius 2 is 1.47 bits per heavy atom. The van der Waals surface area contributed by atoms with Gasteiger partial charge < -0.3 is 0 Å². The van der Waals surface area contributed by atoms with Gasteiger partial charge in [-0.15, -0.1) is 23.2 Å². The first-order valence-corrected chi connectivity index (χ1v) is 8.65. The normalized spacial score (nSPS) is 13.5. The first-order chi connectivity index (χ1) is 6.83. The van der Waals surface area contributed by atoms with E-state index in [0.717, 1.165) is 11.5 Å². The molecule has 4 nitrogen and oxygen atoms in total. The van der Waals surface area contributed by atoms with E-state index in [0.29, 0.717) is 0 Å². The van der Waals surface area contributed by atoms with E-state index in [2.05, 4.69) is 0 Å². The van der Waals surface area contributed by atoms with Crippen molar-refractivity contribution < 1.29 is 16.8 Å². The Labute approximate surface area is 100 Å². The van der Waals surface area contributed by atoms with Gasteiger partial charge in [0.1, 0.15) is 0 Å². The Morgan fingerprint density at radius 3 is 1.93 bits per heavy atom. The van der Waals surface area contributed by atoms with E-state index in [1.54, 1.807) is 0 Å². The molecule has 0 N–H and O–H groups in total. The minimum Gasteiger partial charge on any atom is -0.228 e. The summed E-state index contributed by atoms with van der Waals surface area (Å²) < 4.78 is 44.4. The number of sulfone groups is 2. The third kappa shape index (κ3) is 8.07. The molecule has 0 aliphatic heterocycles. The van der Waals surface area contributed by atoms with Crippen molar-refractivity contribution in [3.63, 3.8) is 0 Å². The van der Waals surface area contributed by atoms with E-state index < -0.39 is 19.7 Å². The van der Waals surface area contributed by atoms with Crippen LogP contribution in [0.25, 0.3) is 0 Å². The van der Waals surface area contributed by atoms with Crippen molar-refractivity contribution in [2.75, 3.05) is 29.0 Å². The van der Waals surface area contributed by atoms with Crippen molar-refractivity contribution in [2.45, 2.75) is 0 Å². The van der Waals surface area contributed by atoms with Crippen LogP contribution in [-0.4, -0.2) is 45.9 Å². The van der Waals surface area contributed by atoms with E-state index in [1.165, 1.54) is 0 Å². The van der Waals surface area contributed by atoms with Crippen LogP contribution < -0.4 is 0 Å². The van der Waals surface area contributed by atoms with Gasteiger partial charge in [-0.05, 0) is 0 Å². The number of halogens is 2. The highest BCUT2D eigenvalue weighted by Crippen LogP contribution is 1.98. The molecule has 0 aromatic rings. The zero-order chi connectivity index (χ0) is 11.9. The van der Waals surface area contributed by atoms with Crippen LogP contribution in [0.2, 0.25) is 0 Å². The first-order valence-electron chi connectivity index (χ1n) is 4.04. The van der Waals surface area contributed by atoms with Crippen molar-refractivity contribution in [3.8, 4) is 0 Å². The van der Waals surface area contributed by atoms with Gasteiger partial charge >= 0.3 is 0 Å². The van der Waals surface area contributed by atoms with Gasteiger partial charge in [0.25, 0.3) is 0 Å². The lowest BCUT2D eigenvalue weighted by Gasteiger charge is -1.96. The van der Waals surface area contributed by atoms with Gasteiger partial charge in [-0.1, -0.05) is 6.08 Å². The van der Waals surface area contributed by atoms with Gasteiger partial charge in [-0.2, -0.15) is 0 Å². The SMILES string of the molecule is O=S(=O)(C=CCS(=O)(=O)CCCl)CCCl. The third-order valence-corrected chi connectivity index (χ3v) is 5.14. The summed E-state index contributed by atoms with van der Waals surface area (Å²) in [6, 6.07) is 0. The fraction of sp³-hybridized carbons (Fsp3) is 0.714. The highest BCUT2D eigenvalue weighted by Gasteiger charge is 2.09. The van der Waals surface area contributed by atoms with E-state index in [9.17, 15) is 16.8 Å². The summed E-state index contributed by atoms with van der Waals surface area (Å²) in [5.41, 5.74) is 0. The summed E-state index contributed by atoms with van der Waals surface area (Å²) in [6.45, 7) is 0. The van der Waals surface area contributed by atoms with Crippen LogP contribution in [-0.2, 0) is 19.7 Å². The molecule has 0 spiro atoms. The molecule has 15 heavy (non-hydrogen) atoms. The predicted molar refractivity (Wildman–Crippen MR) is 63.0 cm³/mol. The van der Waals surface area contributed by atoms with Crippen molar-refractivity contribution >= 4 is 42.9 Å². The Hall–Kier alpha value is 0.220. The highest BCUT2D eigenvalue weighted by molar-refractivity contribution is 7.94. The van der Waals surface area contributed by atoms with E-state index >= 15 is 0 Å². The molecular formula is C7H12Cl2O4S2. The summed E-state index contributed by atoms with van der Waals surface area (Å²) in [5.74, 6) is -0.679. The van der Waals surface area contributed by atoms with Crippen LogP contribution in [0.4, 0.5) is 0 Å². The summed E-state index contributed by atoms with van der Waals surface area (Å²) in [5, 5.41) is 0.876. The zero-order valence-electron chi connectivity index (χ0n) is 7.90. The molecule has 0 rings (SSSR count). The van der Waals surface area contributed by atoms with Gasteiger partial charge in [-0.25, -0.2) is 16.8 Å². The Morgan fingerprint density at radius 1 is 0.933 bits per heavy atom. The average molecular weight is 295 g/mol. The maximum atomic E-state index is 11.1. The van der Waals surface area contributed by atoms with Crippen LogP contribution in [0.1, 0.15) is 0 Å². The molecule has 0 unspecified atom stereocenters. The first kappa shape index (κ1) is 15.2. The van der Waals surface area contributed by atoms with Crippen LogP contribution >= 0.6 is 23.2 Å². The summed E-state index contributed by atoms with van der Waals surface area (Å²) in [4.78, 5) is 0. The molecule has 0 aliphatic rings. The van der Waals surface area contributed by atoms with Gasteiger partial charge in [-0.3, -0.25) is 0 Å². The third-order valence-electron chi connectivity index (χ3n) is 1.40. The zero-order valence-corrected chi connectivity index (χ0v) is 11.0. The molecule has 8 heteroatoms. The Balaban J connectivity index is 4.34. The summed E-state index contributed by atoms with van der Waals surface area (Å²) in [7, 11) is -6.66. The monoisotopic (exact) mass is 294 g/mol. The van der Waals surface area contributed by atoms with Crippen LogP contribution in [0, 0.1) is 0 Å². The smallest absolute Gasteiger partial charge is 0.172 e. The van der Waals surface area contributed by atoms with Gasteiger partial charge in [0, 0.05) is 17.2 Å².